The molecule has 3 aromatic rings. The van der Waals surface area contributed by atoms with Crippen molar-refractivity contribution in [3.8, 4) is 0 Å². The van der Waals surface area contributed by atoms with E-state index in [2.05, 4.69) is 18.3 Å². The smallest absolute Gasteiger partial charge is 0.255 e. The van der Waals surface area contributed by atoms with E-state index in [9.17, 15) is 9.59 Å². The standard InChI is InChI=1S/C25H24N2O2S/c1-16-8-13-22(18(3)14-16)27-23(28)15-30-25(27)19-9-11-20(12-10-19)26-24(29)21-7-5-4-6-17(21)2/h4-14,25H,15H2,1-3H3,(H,26,29). The number of nitrogens with one attached hydrogen (secondary N) is 1. The van der Waals surface area contributed by atoms with E-state index in [4.69, 9.17) is 0 Å². The number of rotatable bonds is 4. The van der Waals surface area contributed by atoms with Crippen molar-refractivity contribution in [3.05, 3.63) is 94.5 Å². The molecule has 1 N–H and O–H groups in total. The van der Waals surface area contributed by atoms with Crippen molar-refractivity contribution >= 4 is 35.0 Å². The summed E-state index contributed by atoms with van der Waals surface area (Å²) in [4.78, 5) is 27.1. The molecule has 0 aromatic heterocycles. The molecule has 1 saturated heterocycles. The lowest BCUT2D eigenvalue weighted by Crippen LogP contribution is -2.28. The normalized spacial score (nSPS) is 16.0. The van der Waals surface area contributed by atoms with Crippen LogP contribution >= 0.6 is 11.8 Å². The number of hydrogen-bond acceptors (Lipinski definition) is 3. The van der Waals surface area contributed by atoms with Crippen LogP contribution in [0.2, 0.25) is 0 Å². The minimum atomic E-state index is -0.122. The number of hydrogen-bond donors (Lipinski definition) is 1. The van der Waals surface area contributed by atoms with Crippen LogP contribution in [0.25, 0.3) is 0 Å². The SMILES string of the molecule is Cc1ccc(N2C(=O)CSC2c2ccc(NC(=O)c3ccccc3C)cc2)c(C)c1. The molecule has 3 aromatic carbocycles. The summed E-state index contributed by atoms with van der Waals surface area (Å²) in [5.41, 5.74) is 6.62. The summed E-state index contributed by atoms with van der Waals surface area (Å²) in [6.45, 7) is 6.02. The molecule has 1 heterocycles. The fourth-order valence-corrected chi connectivity index (χ4v) is 4.93. The molecule has 5 heteroatoms. The third-order valence-electron chi connectivity index (χ3n) is 5.32. The molecule has 0 radical (unpaired) electrons. The highest BCUT2D eigenvalue weighted by Gasteiger charge is 2.34. The summed E-state index contributed by atoms with van der Waals surface area (Å²) in [5.74, 6) is 0.459. The van der Waals surface area contributed by atoms with Crippen molar-refractivity contribution in [1.82, 2.24) is 0 Å². The highest BCUT2D eigenvalue weighted by molar-refractivity contribution is 8.00. The second-order valence-corrected chi connectivity index (χ2v) is 8.68. The Labute approximate surface area is 181 Å². The Bertz CT molecular complexity index is 1110. The van der Waals surface area contributed by atoms with Crippen molar-refractivity contribution in [2.75, 3.05) is 16.0 Å². The van der Waals surface area contributed by atoms with Crippen LogP contribution < -0.4 is 10.2 Å². The molecule has 0 aliphatic carbocycles. The summed E-state index contributed by atoms with van der Waals surface area (Å²) in [6, 6.07) is 21.5. The monoisotopic (exact) mass is 416 g/mol. The van der Waals surface area contributed by atoms with E-state index in [1.807, 2.05) is 79.4 Å². The van der Waals surface area contributed by atoms with Gasteiger partial charge in [-0.25, -0.2) is 0 Å². The van der Waals surface area contributed by atoms with E-state index < -0.39 is 0 Å². The summed E-state index contributed by atoms with van der Waals surface area (Å²) < 4.78 is 0. The van der Waals surface area contributed by atoms with Crippen LogP contribution in [0.4, 0.5) is 11.4 Å². The third kappa shape index (κ3) is 3.98. The van der Waals surface area contributed by atoms with Gasteiger partial charge in [-0.1, -0.05) is 48.0 Å². The maximum Gasteiger partial charge on any atom is 0.255 e. The molecule has 1 aliphatic heterocycles. The van der Waals surface area contributed by atoms with Crippen LogP contribution in [-0.2, 0) is 4.79 Å². The molecule has 0 spiro atoms. The molecule has 1 atom stereocenters. The molecule has 1 unspecified atom stereocenters. The first-order chi connectivity index (χ1) is 14.4. The summed E-state index contributed by atoms with van der Waals surface area (Å²) in [7, 11) is 0. The molecule has 0 bridgehead atoms. The van der Waals surface area contributed by atoms with E-state index in [1.165, 1.54) is 5.56 Å². The van der Waals surface area contributed by atoms with Gasteiger partial charge in [0, 0.05) is 16.9 Å². The van der Waals surface area contributed by atoms with E-state index in [-0.39, 0.29) is 17.2 Å². The maximum atomic E-state index is 12.6. The van der Waals surface area contributed by atoms with Crippen molar-refractivity contribution in [3.63, 3.8) is 0 Å². The molecule has 152 valence electrons. The Kier molecular flexibility index (Phi) is 5.64. The lowest BCUT2D eigenvalue weighted by atomic mass is 10.1. The van der Waals surface area contributed by atoms with Crippen LogP contribution in [0, 0.1) is 20.8 Å². The quantitative estimate of drug-likeness (QED) is 0.598. The second kappa shape index (κ2) is 8.36. The zero-order chi connectivity index (χ0) is 21.3. The van der Waals surface area contributed by atoms with E-state index in [0.29, 0.717) is 11.3 Å². The average molecular weight is 417 g/mol. The van der Waals surface area contributed by atoms with Crippen LogP contribution in [0.3, 0.4) is 0 Å². The lowest BCUT2D eigenvalue weighted by molar-refractivity contribution is -0.115. The number of thioether (sulfide) groups is 1. The first kappa shape index (κ1) is 20.2. The van der Waals surface area contributed by atoms with Gasteiger partial charge in [0.05, 0.1) is 5.75 Å². The molecular weight excluding hydrogens is 392 g/mol. The predicted molar refractivity (Wildman–Crippen MR) is 124 cm³/mol. The van der Waals surface area contributed by atoms with Gasteiger partial charge < -0.3 is 5.32 Å². The number of anilines is 2. The zero-order valence-corrected chi connectivity index (χ0v) is 18.1. The number of aryl methyl sites for hydroxylation is 3. The molecule has 1 aliphatic rings. The Morgan fingerprint density at radius 2 is 1.70 bits per heavy atom. The van der Waals surface area contributed by atoms with Gasteiger partial charge in [-0.2, -0.15) is 0 Å². The average Bonchev–Trinajstić information content (AvgIpc) is 3.10. The summed E-state index contributed by atoms with van der Waals surface area (Å²) in [6.07, 6.45) is 0. The fraction of sp³-hybridized carbons (Fsp3) is 0.200. The van der Waals surface area contributed by atoms with Crippen LogP contribution in [0.15, 0.2) is 66.7 Å². The minimum Gasteiger partial charge on any atom is -0.322 e. The number of nitrogens with zero attached hydrogens (tertiary/aromatic N) is 1. The third-order valence-corrected chi connectivity index (χ3v) is 6.54. The molecule has 4 nitrogen and oxygen atoms in total. The Hall–Kier alpha value is -3.05. The maximum absolute atomic E-state index is 12.6. The Balaban J connectivity index is 1.55. The number of benzene rings is 3. The van der Waals surface area contributed by atoms with Crippen LogP contribution in [0.5, 0.6) is 0 Å². The fourth-order valence-electron chi connectivity index (χ4n) is 3.76. The molecule has 2 amide bonds. The predicted octanol–water partition coefficient (Wildman–Crippen LogP) is 5.64. The minimum absolute atomic E-state index is 0.0694. The van der Waals surface area contributed by atoms with Crippen molar-refractivity contribution in [1.29, 1.82) is 0 Å². The summed E-state index contributed by atoms with van der Waals surface area (Å²) >= 11 is 1.63. The van der Waals surface area contributed by atoms with Gasteiger partial charge in [0.25, 0.3) is 5.91 Å². The van der Waals surface area contributed by atoms with Gasteiger partial charge in [-0.05, 0) is 61.7 Å². The second-order valence-electron chi connectivity index (χ2n) is 7.61. The van der Waals surface area contributed by atoms with Gasteiger partial charge in [-0.3, -0.25) is 14.5 Å². The van der Waals surface area contributed by atoms with Gasteiger partial charge >= 0.3 is 0 Å². The highest BCUT2D eigenvalue weighted by Crippen LogP contribution is 2.43. The van der Waals surface area contributed by atoms with Gasteiger partial charge in [0.15, 0.2) is 0 Å². The van der Waals surface area contributed by atoms with Gasteiger partial charge in [0.2, 0.25) is 5.91 Å². The largest absolute Gasteiger partial charge is 0.322 e. The number of amides is 2. The lowest BCUT2D eigenvalue weighted by Gasteiger charge is -2.26. The first-order valence-corrected chi connectivity index (χ1v) is 11.0. The van der Waals surface area contributed by atoms with E-state index in [1.54, 1.807) is 11.8 Å². The molecule has 0 saturated carbocycles. The number of carbonyl (C=O) groups excluding carboxylic acids is 2. The Morgan fingerprint density at radius 1 is 0.967 bits per heavy atom. The molecular formula is C25H24N2O2S. The molecule has 1 fully saturated rings. The molecule has 30 heavy (non-hydrogen) atoms. The van der Waals surface area contributed by atoms with E-state index in [0.717, 1.165) is 28.1 Å². The van der Waals surface area contributed by atoms with Crippen molar-refractivity contribution in [2.45, 2.75) is 26.1 Å². The van der Waals surface area contributed by atoms with Crippen LogP contribution in [-0.4, -0.2) is 17.6 Å². The Morgan fingerprint density at radius 3 is 2.40 bits per heavy atom. The van der Waals surface area contributed by atoms with Crippen molar-refractivity contribution in [2.24, 2.45) is 0 Å². The first-order valence-electron chi connectivity index (χ1n) is 9.92. The van der Waals surface area contributed by atoms with Gasteiger partial charge in [-0.15, -0.1) is 11.8 Å². The highest BCUT2D eigenvalue weighted by atomic mass is 32.2. The van der Waals surface area contributed by atoms with E-state index >= 15 is 0 Å². The van der Waals surface area contributed by atoms with Crippen molar-refractivity contribution < 1.29 is 9.59 Å². The summed E-state index contributed by atoms with van der Waals surface area (Å²) in [5, 5.41) is 2.89. The molecule has 4 rings (SSSR count). The van der Waals surface area contributed by atoms with Crippen LogP contribution in [0.1, 0.15) is 38.0 Å². The topological polar surface area (TPSA) is 49.4 Å². The number of carbonyl (C=O) groups is 2. The zero-order valence-electron chi connectivity index (χ0n) is 17.3. The van der Waals surface area contributed by atoms with Gasteiger partial charge in [0.1, 0.15) is 5.37 Å².